The summed E-state index contributed by atoms with van der Waals surface area (Å²) in [6, 6.07) is 7.23. The van der Waals surface area contributed by atoms with Crippen LogP contribution in [-0.4, -0.2) is 32.2 Å². The second kappa shape index (κ2) is 9.66. The molecule has 0 radical (unpaired) electrons. The van der Waals surface area contributed by atoms with Crippen LogP contribution in [0.3, 0.4) is 0 Å². The Morgan fingerprint density at radius 3 is 2.07 bits per heavy atom. The molecule has 1 aromatic carbocycles. The summed E-state index contributed by atoms with van der Waals surface area (Å²) in [6.07, 6.45) is 3.28. The lowest BCUT2D eigenvalue weighted by atomic mass is 10.0. The molecule has 1 amide bonds. The highest BCUT2D eigenvalue weighted by Gasteiger charge is 2.15. The SMILES string of the molecule is CCC(CC)C(=O)Nc1ccc(Nc2cc(OC)c(OC)c(OC)c2)cn1. The largest absolute Gasteiger partial charge is 0.493 e. The van der Waals surface area contributed by atoms with Crippen molar-refractivity contribution < 1.29 is 19.0 Å². The fourth-order valence-electron chi connectivity index (χ4n) is 2.75. The van der Waals surface area contributed by atoms with Gasteiger partial charge in [0.1, 0.15) is 5.82 Å². The third kappa shape index (κ3) is 5.03. The van der Waals surface area contributed by atoms with Gasteiger partial charge in [0, 0.05) is 23.7 Å². The summed E-state index contributed by atoms with van der Waals surface area (Å²) < 4.78 is 16.0. The number of amides is 1. The molecular weight excluding hydrogens is 346 g/mol. The second-order valence-corrected chi connectivity index (χ2v) is 5.97. The van der Waals surface area contributed by atoms with Crippen LogP contribution in [-0.2, 0) is 4.79 Å². The topological polar surface area (TPSA) is 81.7 Å². The number of hydrogen-bond acceptors (Lipinski definition) is 6. The molecule has 2 N–H and O–H groups in total. The molecule has 0 aliphatic carbocycles. The third-order valence-corrected chi connectivity index (χ3v) is 4.32. The van der Waals surface area contributed by atoms with Crippen LogP contribution in [0.1, 0.15) is 26.7 Å². The van der Waals surface area contributed by atoms with Crippen LogP contribution in [0.4, 0.5) is 17.2 Å². The first-order valence-corrected chi connectivity index (χ1v) is 8.90. The van der Waals surface area contributed by atoms with E-state index in [2.05, 4.69) is 15.6 Å². The third-order valence-electron chi connectivity index (χ3n) is 4.32. The van der Waals surface area contributed by atoms with Gasteiger partial charge in [-0.2, -0.15) is 0 Å². The maximum Gasteiger partial charge on any atom is 0.228 e. The number of aromatic nitrogens is 1. The van der Waals surface area contributed by atoms with Crippen LogP contribution in [0.15, 0.2) is 30.5 Å². The lowest BCUT2D eigenvalue weighted by Crippen LogP contribution is -2.22. The highest BCUT2D eigenvalue weighted by molar-refractivity contribution is 5.91. The quantitative estimate of drug-likeness (QED) is 0.685. The van der Waals surface area contributed by atoms with E-state index < -0.39 is 0 Å². The minimum absolute atomic E-state index is 0.00200. The number of anilines is 3. The predicted octanol–water partition coefficient (Wildman–Crippen LogP) is 4.23. The summed E-state index contributed by atoms with van der Waals surface area (Å²) >= 11 is 0. The zero-order valence-electron chi connectivity index (χ0n) is 16.5. The van der Waals surface area contributed by atoms with Gasteiger partial charge in [0.25, 0.3) is 0 Å². The van der Waals surface area contributed by atoms with Crippen molar-refractivity contribution in [3.63, 3.8) is 0 Å². The average Bonchev–Trinajstić information content (AvgIpc) is 2.69. The van der Waals surface area contributed by atoms with Gasteiger partial charge in [-0.3, -0.25) is 4.79 Å². The number of hydrogen-bond donors (Lipinski definition) is 2. The molecule has 0 bridgehead atoms. The summed E-state index contributed by atoms with van der Waals surface area (Å²) in [6.45, 7) is 4.01. The van der Waals surface area contributed by atoms with Crippen molar-refractivity contribution in [2.45, 2.75) is 26.7 Å². The molecule has 0 fully saturated rings. The van der Waals surface area contributed by atoms with Gasteiger partial charge in [0.05, 0.1) is 33.2 Å². The van der Waals surface area contributed by atoms with Crippen LogP contribution >= 0.6 is 0 Å². The fourth-order valence-corrected chi connectivity index (χ4v) is 2.75. The first-order chi connectivity index (χ1) is 13.1. The standard InChI is InChI=1S/C20H27N3O4/c1-6-13(7-2)20(24)23-18-9-8-14(12-21-18)22-15-10-16(25-3)19(27-5)17(11-15)26-4/h8-13,22H,6-7H2,1-5H3,(H,21,23,24). The molecule has 0 spiro atoms. The van der Waals surface area contributed by atoms with Crippen molar-refractivity contribution in [1.82, 2.24) is 4.98 Å². The van der Waals surface area contributed by atoms with Crippen molar-refractivity contribution in [2.24, 2.45) is 5.92 Å². The lowest BCUT2D eigenvalue weighted by Gasteiger charge is -2.15. The van der Waals surface area contributed by atoms with Gasteiger partial charge >= 0.3 is 0 Å². The molecule has 7 heteroatoms. The number of carbonyl (C=O) groups is 1. The number of methoxy groups -OCH3 is 3. The summed E-state index contributed by atoms with van der Waals surface area (Å²) in [5, 5.41) is 6.09. The number of rotatable bonds is 9. The normalized spacial score (nSPS) is 10.4. The summed E-state index contributed by atoms with van der Waals surface area (Å²) in [5.74, 6) is 2.18. The zero-order valence-corrected chi connectivity index (χ0v) is 16.5. The predicted molar refractivity (Wildman–Crippen MR) is 106 cm³/mol. The number of benzene rings is 1. The van der Waals surface area contributed by atoms with Crippen LogP contribution in [0.5, 0.6) is 17.2 Å². The Hall–Kier alpha value is -2.96. The van der Waals surface area contributed by atoms with Gasteiger partial charge in [-0.25, -0.2) is 4.98 Å². The smallest absolute Gasteiger partial charge is 0.228 e. The van der Waals surface area contributed by atoms with Crippen molar-refractivity contribution in [2.75, 3.05) is 32.0 Å². The molecule has 0 aliphatic heterocycles. The van der Waals surface area contributed by atoms with E-state index in [-0.39, 0.29) is 11.8 Å². The van der Waals surface area contributed by atoms with Gasteiger partial charge in [-0.15, -0.1) is 0 Å². The average molecular weight is 373 g/mol. The molecule has 2 rings (SSSR count). The Balaban J connectivity index is 2.13. The monoisotopic (exact) mass is 373 g/mol. The molecule has 2 aromatic rings. The van der Waals surface area contributed by atoms with Crippen molar-refractivity contribution in [3.05, 3.63) is 30.5 Å². The maximum absolute atomic E-state index is 12.1. The van der Waals surface area contributed by atoms with Crippen LogP contribution < -0.4 is 24.8 Å². The van der Waals surface area contributed by atoms with E-state index in [0.29, 0.717) is 23.1 Å². The maximum atomic E-state index is 12.1. The molecular formula is C20H27N3O4. The lowest BCUT2D eigenvalue weighted by molar-refractivity contribution is -0.120. The minimum Gasteiger partial charge on any atom is -0.493 e. The molecule has 1 heterocycles. The Labute approximate surface area is 160 Å². The minimum atomic E-state index is -0.00200. The molecule has 0 saturated heterocycles. The molecule has 0 aliphatic rings. The summed E-state index contributed by atoms with van der Waals surface area (Å²) in [4.78, 5) is 16.4. The van der Waals surface area contributed by atoms with E-state index in [4.69, 9.17) is 14.2 Å². The van der Waals surface area contributed by atoms with E-state index >= 15 is 0 Å². The van der Waals surface area contributed by atoms with E-state index in [1.807, 2.05) is 32.0 Å². The number of pyridine rings is 1. The van der Waals surface area contributed by atoms with Crippen molar-refractivity contribution >= 4 is 23.1 Å². The fraction of sp³-hybridized carbons (Fsp3) is 0.400. The Kier molecular flexibility index (Phi) is 7.28. The zero-order chi connectivity index (χ0) is 19.8. The van der Waals surface area contributed by atoms with E-state index in [1.54, 1.807) is 33.6 Å². The molecule has 146 valence electrons. The van der Waals surface area contributed by atoms with Crippen LogP contribution in [0.2, 0.25) is 0 Å². The molecule has 0 atom stereocenters. The highest BCUT2D eigenvalue weighted by Crippen LogP contribution is 2.40. The molecule has 0 saturated carbocycles. The first kappa shape index (κ1) is 20.4. The van der Waals surface area contributed by atoms with E-state index in [1.165, 1.54) is 0 Å². The number of carbonyl (C=O) groups excluding carboxylic acids is 1. The van der Waals surface area contributed by atoms with Gasteiger partial charge in [0.15, 0.2) is 11.5 Å². The number of ether oxygens (including phenoxy) is 3. The van der Waals surface area contributed by atoms with Gasteiger partial charge < -0.3 is 24.8 Å². The molecule has 0 unspecified atom stereocenters. The van der Waals surface area contributed by atoms with Crippen LogP contribution in [0.25, 0.3) is 0 Å². The first-order valence-electron chi connectivity index (χ1n) is 8.90. The number of nitrogens with one attached hydrogen (secondary N) is 2. The van der Waals surface area contributed by atoms with Gasteiger partial charge in [0.2, 0.25) is 11.7 Å². The summed E-state index contributed by atoms with van der Waals surface area (Å²) in [7, 11) is 4.70. The van der Waals surface area contributed by atoms with E-state index in [0.717, 1.165) is 24.2 Å². The Morgan fingerprint density at radius 2 is 1.63 bits per heavy atom. The highest BCUT2D eigenvalue weighted by atomic mass is 16.5. The van der Waals surface area contributed by atoms with Gasteiger partial charge in [-0.1, -0.05) is 13.8 Å². The second-order valence-electron chi connectivity index (χ2n) is 5.97. The van der Waals surface area contributed by atoms with Crippen molar-refractivity contribution in [3.8, 4) is 17.2 Å². The molecule has 1 aromatic heterocycles. The van der Waals surface area contributed by atoms with E-state index in [9.17, 15) is 4.79 Å². The van der Waals surface area contributed by atoms with Crippen molar-refractivity contribution in [1.29, 1.82) is 0 Å². The Bertz CT molecular complexity index is 733. The Morgan fingerprint density at radius 1 is 1.00 bits per heavy atom. The molecule has 7 nitrogen and oxygen atoms in total. The van der Waals surface area contributed by atoms with Gasteiger partial charge in [-0.05, 0) is 25.0 Å². The van der Waals surface area contributed by atoms with Crippen LogP contribution in [0, 0.1) is 5.92 Å². The molecule has 27 heavy (non-hydrogen) atoms. The summed E-state index contributed by atoms with van der Waals surface area (Å²) in [5.41, 5.74) is 1.53. The number of nitrogens with zero attached hydrogens (tertiary/aromatic N) is 1.